The molecular weight excluding hydrogens is 276 g/mol. The first-order valence-corrected chi connectivity index (χ1v) is 6.47. The summed E-state index contributed by atoms with van der Waals surface area (Å²) in [4.78, 5) is 25.9. The smallest absolute Gasteiger partial charge is 0.373 e. The Morgan fingerprint density at radius 3 is 2.76 bits per heavy atom. The molecule has 0 saturated heterocycles. The lowest BCUT2D eigenvalue weighted by Crippen LogP contribution is -1.98. The number of nitro groups is 1. The molecule has 0 spiro atoms. The number of aromatic carboxylic acids is 1. The average molecular weight is 288 g/mol. The van der Waals surface area contributed by atoms with Crippen LogP contribution in [0.1, 0.15) is 40.6 Å². The Bertz CT molecular complexity index is 746. The van der Waals surface area contributed by atoms with Gasteiger partial charge in [0.25, 0.3) is 5.69 Å². The van der Waals surface area contributed by atoms with E-state index in [0.29, 0.717) is 16.8 Å². The van der Waals surface area contributed by atoms with Crippen molar-refractivity contribution in [1.82, 2.24) is 4.98 Å². The Hall–Kier alpha value is -2.70. The molecule has 1 N–H and O–H groups in total. The number of rotatable bonds is 4. The number of hydrogen-bond donors (Lipinski definition) is 1. The number of aromatic nitrogens is 1. The zero-order valence-corrected chi connectivity index (χ0v) is 11.2. The van der Waals surface area contributed by atoms with Gasteiger partial charge in [0.1, 0.15) is 0 Å². The van der Waals surface area contributed by atoms with Gasteiger partial charge in [-0.1, -0.05) is 6.07 Å². The molecule has 1 aliphatic carbocycles. The van der Waals surface area contributed by atoms with Gasteiger partial charge in [-0.25, -0.2) is 9.78 Å². The van der Waals surface area contributed by atoms with Gasteiger partial charge in [0.05, 0.1) is 10.6 Å². The molecule has 1 aliphatic rings. The first-order valence-electron chi connectivity index (χ1n) is 6.47. The van der Waals surface area contributed by atoms with E-state index < -0.39 is 10.9 Å². The largest absolute Gasteiger partial charge is 0.475 e. The second kappa shape index (κ2) is 4.69. The van der Waals surface area contributed by atoms with Gasteiger partial charge in [-0.2, -0.15) is 0 Å². The van der Waals surface area contributed by atoms with Crippen molar-refractivity contribution in [1.29, 1.82) is 0 Å². The van der Waals surface area contributed by atoms with Crippen LogP contribution in [0, 0.1) is 17.0 Å². The van der Waals surface area contributed by atoms with Gasteiger partial charge in [-0.15, -0.1) is 0 Å². The summed E-state index contributed by atoms with van der Waals surface area (Å²) in [7, 11) is 0. The van der Waals surface area contributed by atoms with E-state index in [2.05, 4.69) is 4.98 Å². The SMILES string of the molecule is Cc1ccc(-c2nc(C3CC3)c(C(=O)O)o2)cc1[N+](=O)[O-]. The van der Waals surface area contributed by atoms with Gasteiger partial charge >= 0.3 is 5.97 Å². The Labute approximate surface area is 119 Å². The lowest BCUT2D eigenvalue weighted by Gasteiger charge is -1.99. The van der Waals surface area contributed by atoms with E-state index in [-0.39, 0.29) is 23.3 Å². The van der Waals surface area contributed by atoms with Crippen LogP contribution in [0.2, 0.25) is 0 Å². The van der Waals surface area contributed by atoms with Gasteiger partial charge in [0, 0.05) is 23.1 Å². The fourth-order valence-corrected chi connectivity index (χ4v) is 2.18. The van der Waals surface area contributed by atoms with E-state index in [1.165, 1.54) is 6.07 Å². The Morgan fingerprint density at radius 1 is 1.48 bits per heavy atom. The summed E-state index contributed by atoms with van der Waals surface area (Å²) in [6.07, 6.45) is 1.78. The van der Waals surface area contributed by atoms with Crippen molar-refractivity contribution in [3.63, 3.8) is 0 Å². The monoisotopic (exact) mass is 288 g/mol. The van der Waals surface area contributed by atoms with Crippen LogP contribution >= 0.6 is 0 Å². The Morgan fingerprint density at radius 2 is 2.19 bits per heavy atom. The fourth-order valence-electron chi connectivity index (χ4n) is 2.18. The molecule has 1 aromatic carbocycles. The normalized spacial score (nSPS) is 14.1. The highest BCUT2D eigenvalue weighted by Gasteiger charge is 2.33. The summed E-state index contributed by atoms with van der Waals surface area (Å²) < 4.78 is 5.30. The minimum atomic E-state index is -1.17. The van der Waals surface area contributed by atoms with Crippen molar-refractivity contribution in [3.05, 3.63) is 45.3 Å². The summed E-state index contributed by atoms with van der Waals surface area (Å²) in [5.41, 5.74) is 1.31. The topological polar surface area (TPSA) is 106 Å². The first-order chi connectivity index (χ1) is 9.97. The highest BCUT2D eigenvalue weighted by atomic mass is 16.6. The Balaban J connectivity index is 2.08. The predicted octanol–water partition coefficient (Wildman–Crippen LogP) is 3.13. The van der Waals surface area contributed by atoms with Crippen molar-refractivity contribution in [3.8, 4) is 11.5 Å². The summed E-state index contributed by atoms with van der Waals surface area (Å²) in [6, 6.07) is 4.58. The third kappa shape index (κ3) is 2.37. The molecule has 0 atom stereocenters. The van der Waals surface area contributed by atoms with Crippen molar-refractivity contribution in [2.45, 2.75) is 25.7 Å². The quantitative estimate of drug-likeness (QED) is 0.684. The van der Waals surface area contributed by atoms with E-state index in [0.717, 1.165) is 12.8 Å². The highest BCUT2D eigenvalue weighted by molar-refractivity contribution is 5.86. The predicted molar refractivity (Wildman–Crippen MR) is 72.3 cm³/mol. The van der Waals surface area contributed by atoms with Crippen molar-refractivity contribution < 1.29 is 19.2 Å². The number of oxazole rings is 1. The maximum atomic E-state index is 11.2. The van der Waals surface area contributed by atoms with Crippen LogP contribution in [0.5, 0.6) is 0 Å². The molecule has 1 heterocycles. The molecule has 0 unspecified atom stereocenters. The van der Waals surface area contributed by atoms with Gasteiger partial charge < -0.3 is 9.52 Å². The molecule has 0 radical (unpaired) electrons. The zero-order valence-electron chi connectivity index (χ0n) is 11.2. The van der Waals surface area contributed by atoms with Crippen LogP contribution < -0.4 is 0 Å². The van der Waals surface area contributed by atoms with Crippen LogP contribution in [0.25, 0.3) is 11.5 Å². The summed E-state index contributed by atoms with van der Waals surface area (Å²) in [6.45, 7) is 1.63. The van der Waals surface area contributed by atoms with Gasteiger partial charge in [-0.05, 0) is 25.8 Å². The standard InChI is InChI=1S/C14H12N2O5/c1-7-2-3-9(6-10(7)16(19)20)13-15-11(8-4-5-8)12(21-13)14(17)18/h2-3,6,8H,4-5H2,1H3,(H,17,18). The summed E-state index contributed by atoms with van der Waals surface area (Å²) in [5, 5.41) is 20.1. The molecule has 21 heavy (non-hydrogen) atoms. The molecule has 1 fully saturated rings. The summed E-state index contributed by atoms with van der Waals surface area (Å²) >= 11 is 0. The van der Waals surface area contributed by atoms with Crippen molar-refractivity contribution >= 4 is 11.7 Å². The number of carboxylic acid groups (broad SMARTS) is 1. The molecule has 2 aromatic rings. The number of hydrogen-bond acceptors (Lipinski definition) is 5. The molecule has 3 rings (SSSR count). The molecule has 1 saturated carbocycles. The third-order valence-electron chi connectivity index (χ3n) is 3.46. The van der Waals surface area contributed by atoms with Gasteiger partial charge in [0.2, 0.25) is 11.7 Å². The lowest BCUT2D eigenvalue weighted by molar-refractivity contribution is -0.385. The fraction of sp³-hybridized carbons (Fsp3) is 0.286. The van der Waals surface area contributed by atoms with Gasteiger partial charge in [0.15, 0.2) is 0 Å². The van der Waals surface area contributed by atoms with Crippen LogP contribution in [-0.4, -0.2) is 21.0 Å². The first kappa shape index (κ1) is 13.3. The van der Waals surface area contributed by atoms with Crippen LogP contribution in [0.3, 0.4) is 0 Å². The number of nitrogens with zero attached hydrogens (tertiary/aromatic N) is 2. The van der Waals surface area contributed by atoms with Gasteiger partial charge in [-0.3, -0.25) is 10.1 Å². The zero-order chi connectivity index (χ0) is 15.1. The molecule has 108 valence electrons. The second-order valence-electron chi connectivity index (χ2n) is 5.07. The van der Waals surface area contributed by atoms with Crippen molar-refractivity contribution in [2.75, 3.05) is 0 Å². The molecule has 7 heteroatoms. The van der Waals surface area contributed by atoms with Crippen LogP contribution in [0.4, 0.5) is 5.69 Å². The maximum absolute atomic E-state index is 11.2. The number of carbonyl (C=O) groups is 1. The molecule has 0 aliphatic heterocycles. The number of benzene rings is 1. The van der Waals surface area contributed by atoms with E-state index in [1.807, 2.05) is 0 Å². The lowest BCUT2D eigenvalue weighted by atomic mass is 10.1. The molecule has 1 aromatic heterocycles. The number of aryl methyl sites for hydroxylation is 1. The third-order valence-corrected chi connectivity index (χ3v) is 3.46. The average Bonchev–Trinajstić information content (AvgIpc) is 3.17. The Kier molecular flexibility index (Phi) is 2.97. The van der Waals surface area contributed by atoms with E-state index >= 15 is 0 Å². The van der Waals surface area contributed by atoms with Crippen molar-refractivity contribution in [2.24, 2.45) is 0 Å². The molecule has 0 amide bonds. The minimum Gasteiger partial charge on any atom is -0.475 e. The van der Waals surface area contributed by atoms with Crippen LogP contribution in [0.15, 0.2) is 22.6 Å². The summed E-state index contributed by atoms with van der Waals surface area (Å²) in [5.74, 6) is -1.11. The minimum absolute atomic E-state index is 0.0458. The van der Waals surface area contributed by atoms with Crippen LogP contribution in [-0.2, 0) is 0 Å². The number of nitro benzene ring substituents is 1. The second-order valence-corrected chi connectivity index (χ2v) is 5.07. The van der Waals surface area contributed by atoms with E-state index in [4.69, 9.17) is 9.52 Å². The highest BCUT2D eigenvalue weighted by Crippen LogP contribution is 2.42. The molecular formula is C14H12N2O5. The molecule has 7 nitrogen and oxygen atoms in total. The van der Waals surface area contributed by atoms with E-state index in [9.17, 15) is 14.9 Å². The van der Waals surface area contributed by atoms with E-state index in [1.54, 1.807) is 19.1 Å². The maximum Gasteiger partial charge on any atom is 0.373 e. The number of carboxylic acids is 1. The molecule has 0 bridgehead atoms.